The molecule has 0 spiro atoms. The monoisotopic (exact) mass is 314 g/mol. The first kappa shape index (κ1) is 15.1. The van der Waals surface area contributed by atoms with Gasteiger partial charge in [-0.15, -0.1) is 0 Å². The molecular formula is C13H16Cl2N4O. The summed E-state index contributed by atoms with van der Waals surface area (Å²) in [5, 5.41) is 15.2. The molecule has 108 valence electrons. The molecule has 2 heterocycles. The van der Waals surface area contributed by atoms with Gasteiger partial charge in [-0.2, -0.15) is 5.10 Å². The van der Waals surface area contributed by atoms with Crippen LogP contribution >= 0.6 is 23.2 Å². The maximum atomic E-state index is 10.3. The number of pyridine rings is 1. The Morgan fingerprint density at radius 1 is 1.40 bits per heavy atom. The van der Waals surface area contributed by atoms with E-state index in [1.54, 1.807) is 16.8 Å². The lowest BCUT2D eigenvalue weighted by Gasteiger charge is -2.23. The van der Waals surface area contributed by atoms with Crippen molar-refractivity contribution in [2.45, 2.75) is 13.0 Å². The predicted molar refractivity (Wildman–Crippen MR) is 80.4 cm³/mol. The van der Waals surface area contributed by atoms with Crippen LogP contribution in [0.1, 0.15) is 17.5 Å². The van der Waals surface area contributed by atoms with E-state index >= 15 is 0 Å². The molecule has 5 nitrogen and oxygen atoms in total. The zero-order chi connectivity index (χ0) is 14.9. The minimum atomic E-state index is -0.669. The van der Waals surface area contributed by atoms with Crippen molar-refractivity contribution in [1.29, 1.82) is 0 Å². The summed E-state index contributed by atoms with van der Waals surface area (Å²) in [6.45, 7) is 2.27. The maximum Gasteiger partial charge on any atom is 0.154 e. The minimum absolute atomic E-state index is 0.313. The van der Waals surface area contributed by atoms with Crippen LogP contribution in [0.25, 0.3) is 0 Å². The Bertz CT molecular complexity index is 614. The second-order valence-corrected chi connectivity index (χ2v) is 5.42. The molecule has 2 aromatic rings. The van der Waals surface area contributed by atoms with Gasteiger partial charge in [0.2, 0.25) is 0 Å². The zero-order valence-corrected chi connectivity index (χ0v) is 13.0. The highest BCUT2D eigenvalue weighted by atomic mass is 35.5. The molecule has 2 aromatic heterocycles. The molecule has 0 saturated carbocycles. The van der Waals surface area contributed by atoms with Crippen LogP contribution < -0.4 is 4.90 Å². The van der Waals surface area contributed by atoms with E-state index in [1.165, 1.54) is 0 Å². The zero-order valence-electron chi connectivity index (χ0n) is 11.5. The molecule has 1 N–H and O–H groups in total. The summed E-state index contributed by atoms with van der Waals surface area (Å²) in [6.07, 6.45) is -0.669. The molecule has 0 amide bonds. The van der Waals surface area contributed by atoms with Crippen LogP contribution in [-0.4, -0.2) is 33.5 Å². The van der Waals surface area contributed by atoms with Crippen molar-refractivity contribution in [3.05, 3.63) is 39.9 Å². The van der Waals surface area contributed by atoms with E-state index in [0.717, 1.165) is 11.4 Å². The van der Waals surface area contributed by atoms with Crippen LogP contribution in [0.2, 0.25) is 10.3 Å². The molecule has 0 saturated heterocycles. The van der Waals surface area contributed by atoms with Crippen LogP contribution in [-0.2, 0) is 7.05 Å². The molecule has 0 aliphatic rings. The van der Waals surface area contributed by atoms with E-state index in [9.17, 15) is 5.11 Å². The van der Waals surface area contributed by atoms with Gasteiger partial charge in [0.25, 0.3) is 0 Å². The van der Waals surface area contributed by atoms with Crippen molar-refractivity contribution in [3.63, 3.8) is 0 Å². The molecule has 0 bridgehead atoms. The van der Waals surface area contributed by atoms with E-state index in [0.29, 0.717) is 22.5 Å². The average molecular weight is 315 g/mol. The molecule has 0 aliphatic heterocycles. The lowest BCUT2D eigenvalue weighted by molar-refractivity contribution is 0.175. The number of anilines is 1. The summed E-state index contributed by atoms with van der Waals surface area (Å²) in [4.78, 5) is 5.82. The SMILES string of the molecule is Cc1cc(C(O)CN(C)c2ccc(Cl)nc2Cl)n(C)n1. The Balaban J connectivity index is 2.14. The van der Waals surface area contributed by atoms with Gasteiger partial charge >= 0.3 is 0 Å². The number of aryl methyl sites for hydroxylation is 2. The van der Waals surface area contributed by atoms with Crippen LogP contribution in [0.3, 0.4) is 0 Å². The Morgan fingerprint density at radius 2 is 2.10 bits per heavy atom. The molecular weight excluding hydrogens is 299 g/mol. The summed E-state index contributed by atoms with van der Waals surface area (Å²) >= 11 is 11.8. The summed E-state index contributed by atoms with van der Waals surface area (Å²) < 4.78 is 1.68. The number of nitrogens with zero attached hydrogens (tertiary/aromatic N) is 4. The normalized spacial score (nSPS) is 12.5. The van der Waals surface area contributed by atoms with Gasteiger partial charge in [0.1, 0.15) is 11.3 Å². The van der Waals surface area contributed by atoms with Gasteiger partial charge in [0.05, 0.1) is 17.1 Å². The Morgan fingerprint density at radius 3 is 2.65 bits per heavy atom. The van der Waals surface area contributed by atoms with Crippen molar-refractivity contribution in [2.24, 2.45) is 7.05 Å². The number of likely N-dealkylation sites (N-methyl/N-ethyl adjacent to an activating group) is 1. The van der Waals surface area contributed by atoms with Crippen molar-refractivity contribution in [3.8, 4) is 0 Å². The number of halogens is 2. The quantitative estimate of drug-likeness (QED) is 0.881. The van der Waals surface area contributed by atoms with Crippen molar-refractivity contribution < 1.29 is 5.11 Å². The van der Waals surface area contributed by atoms with Crippen molar-refractivity contribution in [2.75, 3.05) is 18.5 Å². The predicted octanol–water partition coefficient (Wildman–Crippen LogP) is 2.60. The van der Waals surface area contributed by atoms with E-state index in [4.69, 9.17) is 23.2 Å². The van der Waals surface area contributed by atoms with E-state index in [1.807, 2.05) is 32.0 Å². The summed E-state index contributed by atoms with van der Waals surface area (Å²) in [5.74, 6) is 0. The molecule has 0 aliphatic carbocycles. The highest BCUT2D eigenvalue weighted by Gasteiger charge is 2.17. The van der Waals surface area contributed by atoms with E-state index in [2.05, 4.69) is 10.1 Å². The van der Waals surface area contributed by atoms with Crippen molar-refractivity contribution in [1.82, 2.24) is 14.8 Å². The fourth-order valence-corrected chi connectivity index (χ4v) is 2.57. The molecule has 20 heavy (non-hydrogen) atoms. The van der Waals surface area contributed by atoms with Crippen LogP contribution in [0.15, 0.2) is 18.2 Å². The average Bonchev–Trinajstić information content (AvgIpc) is 2.68. The molecule has 0 fully saturated rings. The first-order valence-electron chi connectivity index (χ1n) is 6.10. The molecule has 7 heteroatoms. The number of aromatic nitrogens is 3. The topological polar surface area (TPSA) is 54.2 Å². The fourth-order valence-electron chi connectivity index (χ4n) is 2.08. The highest BCUT2D eigenvalue weighted by molar-refractivity contribution is 6.34. The van der Waals surface area contributed by atoms with Crippen molar-refractivity contribution >= 4 is 28.9 Å². The Labute approximate surface area is 127 Å². The highest BCUT2D eigenvalue weighted by Crippen LogP contribution is 2.26. The van der Waals surface area contributed by atoms with Gasteiger partial charge in [-0.3, -0.25) is 4.68 Å². The van der Waals surface area contributed by atoms with Gasteiger partial charge in [-0.1, -0.05) is 23.2 Å². The number of aliphatic hydroxyl groups is 1. The van der Waals surface area contributed by atoms with Gasteiger partial charge in [0, 0.05) is 20.6 Å². The van der Waals surface area contributed by atoms with Crippen LogP contribution in [0.5, 0.6) is 0 Å². The smallest absolute Gasteiger partial charge is 0.154 e. The summed E-state index contributed by atoms with van der Waals surface area (Å²) in [6, 6.07) is 5.30. The van der Waals surface area contributed by atoms with Gasteiger partial charge < -0.3 is 10.0 Å². The van der Waals surface area contributed by atoms with Crippen LogP contribution in [0.4, 0.5) is 5.69 Å². The first-order valence-corrected chi connectivity index (χ1v) is 6.86. The lowest BCUT2D eigenvalue weighted by atomic mass is 10.2. The van der Waals surface area contributed by atoms with E-state index < -0.39 is 6.10 Å². The Hall–Kier alpha value is -1.30. The molecule has 2 rings (SSSR count). The van der Waals surface area contributed by atoms with E-state index in [-0.39, 0.29) is 0 Å². The largest absolute Gasteiger partial charge is 0.385 e. The third kappa shape index (κ3) is 3.23. The maximum absolute atomic E-state index is 10.3. The summed E-state index contributed by atoms with van der Waals surface area (Å²) in [7, 11) is 3.64. The lowest BCUT2D eigenvalue weighted by Crippen LogP contribution is -2.25. The molecule has 1 unspecified atom stereocenters. The minimum Gasteiger partial charge on any atom is -0.385 e. The molecule has 1 atom stereocenters. The molecule has 0 radical (unpaired) electrons. The summed E-state index contributed by atoms with van der Waals surface area (Å²) in [5.41, 5.74) is 2.34. The third-order valence-corrected chi connectivity index (χ3v) is 3.52. The molecule has 0 aromatic carbocycles. The Kier molecular flexibility index (Phi) is 4.52. The standard InChI is InChI=1S/C13H16Cl2N4O/c1-8-6-10(19(3)17-8)11(20)7-18(2)9-4-5-12(14)16-13(9)15/h4-6,11,20H,7H2,1-3H3. The second kappa shape index (κ2) is 5.99. The number of rotatable bonds is 4. The van der Waals surface area contributed by atoms with Gasteiger partial charge in [-0.25, -0.2) is 4.98 Å². The first-order chi connectivity index (χ1) is 9.38. The third-order valence-electron chi connectivity index (χ3n) is 3.03. The number of hydrogen-bond acceptors (Lipinski definition) is 4. The fraction of sp³-hybridized carbons (Fsp3) is 0.385. The van der Waals surface area contributed by atoms with Gasteiger partial charge in [0.15, 0.2) is 5.15 Å². The second-order valence-electron chi connectivity index (χ2n) is 4.67. The number of aliphatic hydroxyl groups excluding tert-OH is 1. The number of hydrogen-bond donors (Lipinski definition) is 1. The van der Waals surface area contributed by atoms with Gasteiger partial charge in [-0.05, 0) is 25.1 Å². The van der Waals surface area contributed by atoms with Crippen LogP contribution in [0, 0.1) is 6.92 Å².